The van der Waals surface area contributed by atoms with Gasteiger partial charge in [-0.1, -0.05) is 48.0 Å². The Hall–Kier alpha value is -1.63. The Bertz CT molecular complexity index is 433. The van der Waals surface area contributed by atoms with Gasteiger partial charge in [-0.3, -0.25) is 14.4 Å². The maximum Gasteiger partial charge on any atom is 0.326 e. The number of carbonyl (C=O) groups excluding carboxylic acids is 2. The van der Waals surface area contributed by atoms with Gasteiger partial charge in [0, 0.05) is 5.92 Å². The van der Waals surface area contributed by atoms with Gasteiger partial charge in [0.25, 0.3) is 0 Å². The van der Waals surface area contributed by atoms with E-state index in [1.54, 1.807) is 27.7 Å². The highest BCUT2D eigenvalue weighted by Gasteiger charge is 2.34. The van der Waals surface area contributed by atoms with Crippen molar-refractivity contribution in [3.8, 4) is 0 Å². The zero-order valence-electron chi connectivity index (χ0n) is 15.4. The van der Waals surface area contributed by atoms with E-state index in [1.165, 1.54) is 0 Å². The van der Waals surface area contributed by atoms with Gasteiger partial charge in [0.15, 0.2) is 0 Å². The Morgan fingerprint density at radius 1 is 0.917 bits per heavy atom. The number of rotatable bonds is 10. The number of carboxylic acid groups (broad SMARTS) is 1. The van der Waals surface area contributed by atoms with Gasteiger partial charge in [0.05, 0.1) is 11.8 Å². The zero-order valence-corrected chi connectivity index (χ0v) is 15.4. The molecule has 0 fully saturated rings. The first-order chi connectivity index (χ1) is 11.0. The number of nitrogens with two attached hydrogens (primary N) is 1. The summed E-state index contributed by atoms with van der Waals surface area (Å²) in [5, 5.41) is 9.29. The van der Waals surface area contributed by atoms with Gasteiger partial charge < -0.3 is 20.3 Å². The molecule has 0 aromatic carbocycles. The average molecular weight is 345 g/mol. The van der Waals surface area contributed by atoms with Gasteiger partial charge in [-0.05, 0) is 12.3 Å². The van der Waals surface area contributed by atoms with Crippen molar-refractivity contribution in [2.75, 3.05) is 0 Å². The molecule has 0 heterocycles. The van der Waals surface area contributed by atoms with Gasteiger partial charge in [-0.2, -0.15) is 0 Å². The normalized spacial score (nSPS) is 15.2. The number of esters is 2. The standard InChI is InChI=1S/C17H31NO6/c1-9(2)7-8-12(14(19)20)13(18)16(22)24-17(11(5)6)23-15(21)10(3)4/h9-13,17H,7-8,18H2,1-6H3,(H,19,20). The smallest absolute Gasteiger partial charge is 0.326 e. The summed E-state index contributed by atoms with van der Waals surface area (Å²) in [6.07, 6.45) is -0.173. The SMILES string of the molecule is CC(C)CCC(C(=O)O)C(N)C(=O)OC(OC(=O)C(C)C)C(C)C. The van der Waals surface area contributed by atoms with Gasteiger partial charge in [-0.25, -0.2) is 0 Å². The molecule has 0 spiro atoms. The first kappa shape index (κ1) is 22.4. The molecule has 7 nitrogen and oxygen atoms in total. The third kappa shape index (κ3) is 7.77. The predicted octanol–water partition coefficient (Wildman–Crippen LogP) is 2.18. The van der Waals surface area contributed by atoms with Crippen LogP contribution in [0.4, 0.5) is 0 Å². The second-order valence-electron chi connectivity index (χ2n) is 7.08. The van der Waals surface area contributed by atoms with Crippen molar-refractivity contribution in [3.05, 3.63) is 0 Å². The van der Waals surface area contributed by atoms with E-state index in [0.717, 1.165) is 0 Å². The summed E-state index contributed by atoms with van der Waals surface area (Å²) >= 11 is 0. The summed E-state index contributed by atoms with van der Waals surface area (Å²) in [6, 6.07) is -1.31. The molecule has 0 saturated heterocycles. The maximum absolute atomic E-state index is 12.2. The lowest BCUT2D eigenvalue weighted by atomic mass is 9.92. The summed E-state index contributed by atoms with van der Waals surface area (Å²) in [7, 11) is 0. The Balaban J connectivity index is 4.93. The van der Waals surface area contributed by atoms with Crippen molar-refractivity contribution in [1.29, 1.82) is 0 Å². The molecule has 0 aromatic heterocycles. The van der Waals surface area contributed by atoms with Gasteiger partial charge in [0.1, 0.15) is 6.04 Å². The van der Waals surface area contributed by atoms with Crippen LogP contribution in [0.25, 0.3) is 0 Å². The number of carbonyl (C=O) groups is 3. The Morgan fingerprint density at radius 2 is 1.42 bits per heavy atom. The molecule has 3 N–H and O–H groups in total. The number of aliphatic carboxylic acids is 1. The van der Waals surface area contributed by atoms with Gasteiger partial charge >= 0.3 is 17.9 Å². The molecule has 0 aromatic rings. The predicted molar refractivity (Wildman–Crippen MR) is 88.8 cm³/mol. The Kier molecular flexibility index (Phi) is 9.58. The van der Waals surface area contributed by atoms with Crippen molar-refractivity contribution in [1.82, 2.24) is 0 Å². The average Bonchev–Trinajstić information content (AvgIpc) is 2.45. The summed E-state index contributed by atoms with van der Waals surface area (Å²) in [5.41, 5.74) is 5.79. The van der Waals surface area contributed by atoms with Crippen LogP contribution in [0, 0.1) is 23.7 Å². The first-order valence-corrected chi connectivity index (χ1v) is 8.36. The zero-order chi connectivity index (χ0) is 19.0. The summed E-state index contributed by atoms with van der Waals surface area (Å²) < 4.78 is 10.3. The van der Waals surface area contributed by atoms with Crippen LogP contribution < -0.4 is 5.73 Å². The van der Waals surface area contributed by atoms with Gasteiger partial charge in [0.2, 0.25) is 6.29 Å². The molecule has 140 valence electrons. The fourth-order valence-corrected chi connectivity index (χ4v) is 1.87. The van der Waals surface area contributed by atoms with E-state index in [9.17, 15) is 19.5 Å². The summed E-state index contributed by atoms with van der Waals surface area (Å²) in [6.45, 7) is 10.7. The van der Waals surface area contributed by atoms with Crippen LogP contribution in [0.1, 0.15) is 54.4 Å². The quantitative estimate of drug-likeness (QED) is 0.460. The molecular formula is C17H31NO6. The van der Waals surface area contributed by atoms with E-state index in [2.05, 4.69) is 0 Å². The monoisotopic (exact) mass is 345 g/mol. The molecular weight excluding hydrogens is 314 g/mol. The van der Waals surface area contributed by atoms with Crippen molar-refractivity contribution < 1.29 is 29.0 Å². The van der Waals surface area contributed by atoms with E-state index in [-0.39, 0.29) is 18.3 Å². The summed E-state index contributed by atoms with van der Waals surface area (Å²) in [4.78, 5) is 35.3. The lowest BCUT2D eigenvalue weighted by Gasteiger charge is -2.25. The second kappa shape index (κ2) is 10.3. The number of ether oxygens (including phenoxy) is 2. The minimum absolute atomic E-state index is 0.275. The third-order valence-corrected chi connectivity index (χ3v) is 3.56. The van der Waals surface area contributed by atoms with E-state index in [0.29, 0.717) is 12.3 Å². The highest BCUT2D eigenvalue weighted by atomic mass is 16.7. The van der Waals surface area contributed by atoms with E-state index in [4.69, 9.17) is 15.2 Å². The molecule has 0 amide bonds. The molecule has 7 heteroatoms. The molecule has 0 aliphatic heterocycles. The molecule has 0 rings (SSSR count). The topological polar surface area (TPSA) is 116 Å². The Morgan fingerprint density at radius 3 is 1.79 bits per heavy atom. The van der Waals surface area contributed by atoms with Crippen LogP contribution in [0.15, 0.2) is 0 Å². The van der Waals surface area contributed by atoms with Crippen LogP contribution in [0.5, 0.6) is 0 Å². The number of hydrogen-bond acceptors (Lipinski definition) is 6. The minimum Gasteiger partial charge on any atom is -0.481 e. The number of hydrogen-bond donors (Lipinski definition) is 2. The van der Waals surface area contributed by atoms with Crippen LogP contribution >= 0.6 is 0 Å². The van der Waals surface area contributed by atoms with Crippen LogP contribution in [-0.4, -0.2) is 35.3 Å². The van der Waals surface area contributed by atoms with Crippen molar-refractivity contribution in [2.24, 2.45) is 29.4 Å². The molecule has 24 heavy (non-hydrogen) atoms. The highest BCUT2D eigenvalue weighted by molar-refractivity contribution is 5.83. The second-order valence-corrected chi connectivity index (χ2v) is 7.08. The summed E-state index contributed by atoms with van der Waals surface area (Å²) in [5.74, 6) is -3.88. The van der Waals surface area contributed by atoms with Gasteiger partial charge in [-0.15, -0.1) is 0 Å². The largest absolute Gasteiger partial charge is 0.481 e. The van der Waals surface area contributed by atoms with Crippen LogP contribution in [-0.2, 0) is 23.9 Å². The fourth-order valence-electron chi connectivity index (χ4n) is 1.87. The lowest BCUT2D eigenvalue weighted by Crippen LogP contribution is -2.45. The molecule has 0 bridgehead atoms. The third-order valence-electron chi connectivity index (χ3n) is 3.56. The Labute approximate surface area is 143 Å². The fraction of sp³-hybridized carbons (Fsp3) is 0.824. The van der Waals surface area contributed by atoms with Crippen LogP contribution in [0.2, 0.25) is 0 Å². The van der Waals surface area contributed by atoms with E-state index >= 15 is 0 Å². The van der Waals surface area contributed by atoms with Crippen LogP contribution in [0.3, 0.4) is 0 Å². The molecule has 0 aliphatic carbocycles. The lowest BCUT2D eigenvalue weighted by molar-refractivity contribution is -0.200. The molecule has 0 aliphatic rings. The van der Waals surface area contributed by atoms with Crippen molar-refractivity contribution >= 4 is 17.9 Å². The molecule has 3 atom stereocenters. The molecule has 0 radical (unpaired) electrons. The maximum atomic E-state index is 12.2. The minimum atomic E-state index is -1.31. The number of carboxylic acids is 1. The molecule has 0 saturated carbocycles. The molecule has 3 unspecified atom stereocenters. The van der Waals surface area contributed by atoms with E-state index < -0.39 is 36.2 Å². The first-order valence-electron chi connectivity index (χ1n) is 8.36. The van der Waals surface area contributed by atoms with E-state index in [1.807, 2.05) is 13.8 Å². The highest BCUT2D eigenvalue weighted by Crippen LogP contribution is 2.18. The van der Waals surface area contributed by atoms with Crippen molar-refractivity contribution in [3.63, 3.8) is 0 Å². The van der Waals surface area contributed by atoms with Crippen molar-refractivity contribution in [2.45, 2.75) is 66.7 Å².